The van der Waals surface area contributed by atoms with Crippen molar-refractivity contribution in [2.75, 3.05) is 25.0 Å². The molecule has 0 spiro atoms. The van der Waals surface area contributed by atoms with E-state index in [9.17, 15) is 4.39 Å². The number of aromatic nitrogens is 2. The van der Waals surface area contributed by atoms with Crippen molar-refractivity contribution in [3.8, 4) is 0 Å². The average Bonchev–Trinajstić information content (AvgIpc) is 2.50. The molecule has 0 saturated carbocycles. The fourth-order valence-electron chi connectivity index (χ4n) is 3.14. The van der Waals surface area contributed by atoms with Gasteiger partial charge in [0.2, 0.25) is 0 Å². The Morgan fingerprint density at radius 2 is 2.05 bits per heavy atom. The first kappa shape index (κ1) is 15.2. The standard InChI is InChI=1S/C17H23FN4/c1-12(2)10-22-8-6-13(7-9-22)21-17-14-4-3-5-15(18)16(14)19-11-20-17/h3-5,11-13H,6-10H2,1-2H3,(H,19,20,21). The van der Waals surface area contributed by atoms with Gasteiger partial charge in [-0.1, -0.05) is 19.9 Å². The van der Waals surface area contributed by atoms with E-state index in [0.717, 1.165) is 43.7 Å². The molecule has 4 nitrogen and oxygen atoms in total. The molecule has 2 heterocycles. The summed E-state index contributed by atoms with van der Waals surface area (Å²) in [6.07, 6.45) is 3.61. The maximum Gasteiger partial charge on any atom is 0.149 e. The molecular formula is C17H23FN4. The number of hydrogen-bond donors (Lipinski definition) is 1. The van der Waals surface area contributed by atoms with E-state index >= 15 is 0 Å². The van der Waals surface area contributed by atoms with Crippen LogP contribution < -0.4 is 5.32 Å². The number of hydrogen-bond acceptors (Lipinski definition) is 4. The normalized spacial score (nSPS) is 17.3. The van der Waals surface area contributed by atoms with Crippen molar-refractivity contribution in [1.82, 2.24) is 14.9 Å². The molecule has 2 aromatic rings. The van der Waals surface area contributed by atoms with Crippen LogP contribution in [0.25, 0.3) is 10.9 Å². The number of nitrogens with zero attached hydrogens (tertiary/aromatic N) is 3. The van der Waals surface area contributed by atoms with Crippen molar-refractivity contribution in [2.24, 2.45) is 5.92 Å². The van der Waals surface area contributed by atoms with Gasteiger partial charge < -0.3 is 10.2 Å². The number of likely N-dealkylation sites (tertiary alicyclic amines) is 1. The van der Waals surface area contributed by atoms with Crippen molar-refractivity contribution < 1.29 is 4.39 Å². The Balaban J connectivity index is 1.69. The lowest BCUT2D eigenvalue weighted by Gasteiger charge is -2.33. The molecule has 0 amide bonds. The molecule has 1 fully saturated rings. The second-order valence-corrected chi connectivity index (χ2v) is 6.47. The van der Waals surface area contributed by atoms with Crippen LogP contribution in [0.5, 0.6) is 0 Å². The highest BCUT2D eigenvalue weighted by molar-refractivity contribution is 5.89. The average molecular weight is 302 g/mol. The summed E-state index contributed by atoms with van der Waals surface area (Å²) in [6, 6.07) is 5.40. The molecule has 0 aliphatic carbocycles. The number of fused-ring (bicyclic) bond motifs is 1. The Labute approximate surface area is 130 Å². The lowest BCUT2D eigenvalue weighted by molar-refractivity contribution is 0.198. The third-order valence-corrected chi connectivity index (χ3v) is 4.17. The van der Waals surface area contributed by atoms with E-state index < -0.39 is 0 Å². The van der Waals surface area contributed by atoms with Gasteiger partial charge in [0, 0.05) is 31.1 Å². The predicted molar refractivity (Wildman–Crippen MR) is 87.4 cm³/mol. The third kappa shape index (κ3) is 3.35. The molecule has 1 aromatic heterocycles. The maximum atomic E-state index is 13.8. The molecule has 1 N–H and O–H groups in total. The first-order valence-electron chi connectivity index (χ1n) is 8.01. The predicted octanol–water partition coefficient (Wildman–Crippen LogP) is 3.30. The van der Waals surface area contributed by atoms with E-state index in [-0.39, 0.29) is 5.82 Å². The fourth-order valence-corrected chi connectivity index (χ4v) is 3.14. The first-order valence-corrected chi connectivity index (χ1v) is 8.01. The summed E-state index contributed by atoms with van der Waals surface area (Å²) in [7, 11) is 0. The van der Waals surface area contributed by atoms with Crippen LogP contribution in [0.1, 0.15) is 26.7 Å². The summed E-state index contributed by atoms with van der Waals surface area (Å²) in [6.45, 7) is 7.88. The fraction of sp³-hybridized carbons (Fsp3) is 0.529. The van der Waals surface area contributed by atoms with Gasteiger partial charge in [0.1, 0.15) is 23.5 Å². The van der Waals surface area contributed by atoms with Crippen LogP contribution in [0, 0.1) is 11.7 Å². The summed E-state index contributed by atoms with van der Waals surface area (Å²) in [4.78, 5) is 10.9. The van der Waals surface area contributed by atoms with E-state index in [1.165, 1.54) is 12.4 Å². The van der Waals surface area contributed by atoms with Crippen molar-refractivity contribution in [1.29, 1.82) is 0 Å². The molecule has 1 aliphatic heterocycles. The first-order chi connectivity index (χ1) is 10.6. The van der Waals surface area contributed by atoms with Gasteiger partial charge in [-0.25, -0.2) is 14.4 Å². The summed E-state index contributed by atoms with van der Waals surface area (Å²) >= 11 is 0. The lowest BCUT2D eigenvalue weighted by Crippen LogP contribution is -2.40. The summed E-state index contributed by atoms with van der Waals surface area (Å²) in [5, 5.41) is 4.24. The van der Waals surface area contributed by atoms with Crippen LogP contribution in [0.4, 0.5) is 10.2 Å². The van der Waals surface area contributed by atoms with E-state index in [4.69, 9.17) is 0 Å². The van der Waals surface area contributed by atoms with Gasteiger partial charge in [0.05, 0.1) is 0 Å². The van der Waals surface area contributed by atoms with Crippen LogP contribution >= 0.6 is 0 Å². The number of halogens is 1. The molecule has 0 radical (unpaired) electrons. The number of rotatable bonds is 4. The van der Waals surface area contributed by atoms with Crippen molar-refractivity contribution >= 4 is 16.7 Å². The van der Waals surface area contributed by atoms with Crippen LogP contribution in [-0.4, -0.2) is 40.5 Å². The highest BCUT2D eigenvalue weighted by atomic mass is 19.1. The molecule has 0 unspecified atom stereocenters. The van der Waals surface area contributed by atoms with Gasteiger partial charge in [-0.15, -0.1) is 0 Å². The minimum atomic E-state index is -0.297. The molecule has 1 aliphatic rings. The maximum absolute atomic E-state index is 13.8. The molecule has 0 atom stereocenters. The zero-order valence-corrected chi connectivity index (χ0v) is 13.2. The molecule has 3 rings (SSSR count). The van der Waals surface area contributed by atoms with Crippen molar-refractivity contribution in [3.63, 3.8) is 0 Å². The van der Waals surface area contributed by atoms with Gasteiger partial charge in [-0.05, 0) is 30.9 Å². The summed E-state index contributed by atoms with van der Waals surface area (Å²) in [5.41, 5.74) is 0.386. The molecule has 5 heteroatoms. The van der Waals surface area contributed by atoms with Crippen molar-refractivity contribution in [3.05, 3.63) is 30.3 Å². The second-order valence-electron chi connectivity index (χ2n) is 6.47. The van der Waals surface area contributed by atoms with Gasteiger partial charge in [0.25, 0.3) is 0 Å². The minimum Gasteiger partial charge on any atom is -0.367 e. The number of nitrogens with one attached hydrogen (secondary N) is 1. The molecule has 1 saturated heterocycles. The zero-order valence-electron chi connectivity index (χ0n) is 13.2. The number of benzene rings is 1. The Bertz CT molecular complexity index is 636. The summed E-state index contributed by atoms with van der Waals surface area (Å²) < 4.78 is 13.8. The largest absolute Gasteiger partial charge is 0.367 e. The molecular weight excluding hydrogens is 279 g/mol. The van der Waals surface area contributed by atoms with Crippen LogP contribution in [0.15, 0.2) is 24.5 Å². The Kier molecular flexibility index (Phi) is 4.52. The zero-order chi connectivity index (χ0) is 15.5. The highest BCUT2D eigenvalue weighted by Crippen LogP contribution is 2.24. The second kappa shape index (κ2) is 6.57. The topological polar surface area (TPSA) is 41.0 Å². The third-order valence-electron chi connectivity index (χ3n) is 4.17. The number of para-hydroxylation sites is 1. The van der Waals surface area contributed by atoms with Gasteiger partial charge in [-0.3, -0.25) is 0 Å². The number of anilines is 1. The molecule has 1 aromatic carbocycles. The van der Waals surface area contributed by atoms with E-state index in [0.29, 0.717) is 17.5 Å². The Morgan fingerprint density at radius 1 is 1.27 bits per heavy atom. The smallest absolute Gasteiger partial charge is 0.149 e. The lowest BCUT2D eigenvalue weighted by atomic mass is 10.0. The van der Waals surface area contributed by atoms with Crippen LogP contribution in [0.2, 0.25) is 0 Å². The highest BCUT2D eigenvalue weighted by Gasteiger charge is 2.20. The van der Waals surface area contributed by atoms with E-state index in [1.807, 2.05) is 6.07 Å². The van der Waals surface area contributed by atoms with E-state index in [2.05, 4.69) is 34.0 Å². The van der Waals surface area contributed by atoms with Crippen LogP contribution in [-0.2, 0) is 0 Å². The molecule has 22 heavy (non-hydrogen) atoms. The quantitative estimate of drug-likeness (QED) is 0.941. The van der Waals surface area contributed by atoms with Gasteiger partial charge >= 0.3 is 0 Å². The van der Waals surface area contributed by atoms with Crippen LogP contribution in [0.3, 0.4) is 0 Å². The SMILES string of the molecule is CC(C)CN1CCC(Nc2ncnc3c(F)cccc23)CC1. The summed E-state index contributed by atoms with van der Waals surface area (Å²) in [5.74, 6) is 1.15. The van der Waals surface area contributed by atoms with Gasteiger partial charge in [0.15, 0.2) is 0 Å². The van der Waals surface area contributed by atoms with E-state index in [1.54, 1.807) is 6.07 Å². The Hall–Kier alpha value is -1.75. The molecule has 0 bridgehead atoms. The monoisotopic (exact) mass is 302 g/mol. The van der Waals surface area contributed by atoms with Crippen molar-refractivity contribution in [2.45, 2.75) is 32.7 Å². The Morgan fingerprint density at radius 3 is 2.77 bits per heavy atom. The minimum absolute atomic E-state index is 0.297. The molecule has 118 valence electrons. The number of piperidine rings is 1. The van der Waals surface area contributed by atoms with Gasteiger partial charge in [-0.2, -0.15) is 0 Å².